The van der Waals surface area contributed by atoms with Crippen molar-refractivity contribution in [1.29, 1.82) is 0 Å². The predicted molar refractivity (Wildman–Crippen MR) is 122 cm³/mol. The third-order valence-corrected chi connectivity index (χ3v) is 5.94. The monoisotopic (exact) mass is 485 g/mol. The van der Waals surface area contributed by atoms with Crippen LogP contribution in [0.5, 0.6) is 5.88 Å². The molecule has 1 aliphatic carbocycles. The third kappa shape index (κ3) is 5.10. The lowest BCUT2D eigenvalue weighted by Crippen LogP contribution is -2.39. The topological polar surface area (TPSA) is 106 Å². The van der Waals surface area contributed by atoms with Crippen molar-refractivity contribution in [2.24, 2.45) is 0 Å². The van der Waals surface area contributed by atoms with Crippen LogP contribution in [0.1, 0.15) is 32.6 Å². The maximum absolute atomic E-state index is 13.3. The van der Waals surface area contributed by atoms with Gasteiger partial charge in [0.1, 0.15) is 5.52 Å². The summed E-state index contributed by atoms with van der Waals surface area (Å²) in [5, 5.41) is 10.4. The van der Waals surface area contributed by atoms with Crippen molar-refractivity contribution in [3.8, 4) is 17.0 Å². The molecule has 182 valence electrons. The van der Waals surface area contributed by atoms with Gasteiger partial charge in [-0.05, 0) is 49.4 Å². The quantitative estimate of drug-likeness (QED) is 0.438. The first kappa shape index (κ1) is 22.8. The number of nitrogens with one attached hydrogen (secondary N) is 2. The molecule has 3 aromatic heterocycles. The Balaban J connectivity index is 1.47. The van der Waals surface area contributed by atoms with E-state index in [1.807, 2.05) is 0 Å². The van der Waals surface area contributed by atoms with Gasteiger partial charge >= 0.3 is 6.36 Å². The van der Waals surface area contributed by atoms with Crippen molar-refractivity contribution in [1.82, 2.24) is 29.9 Å². The molecule has 35 heavy (non-hydrogen) atoms. The van der Waals surface area contributed by atoms with Gasteiger partial charge in [-0.2, -0.15) is 4.98 Å². The molecule has 1 aliphatic rings. The SMILES string of the molecule is CC(=O)NC1CCC(Nc2nc(OC(F)(F)F)c3c(-c4ccc5nccnc5c4)ccn3n2)CC1. The second-order valence-corrected chi connectivity index (χ2v) is 8.46. The molecule has 0 spiro atoms. The van der Waals surface area contributed by atoms with Crippen molar-refractivity contribution in [2.75, 3.05) is 5.32 Å². The molecule has 0 saturated heterocycles. The zero-order chi connectivity index (χ0) is 24.6. The Bertz CT molecular complexity index is 1380. The number of anilines is 1. The summed E-state index contributed by atoms with van der Waals surface area (Å²) >= 11 is 0. The van der Waals surface area contributed by atoms with Crippen LogP contribution in [0.2, 0.25) is 0 Å². The molecule has 1 saturated carbocycles. The number of alkyl halides is 3. The van der Waals surface area contributed by atoms with E-state index in [4.69, 9.17) is 0 Å². The van der Waals surface area contributed by atoms with Crippen molar-refractivity contribution in [3.05, 3.63) is 42.9 Å². The van der Waals surface area contributed by atoms with E-state index in [0.717, 1.165) is 25.7 Å². The smallest absolute Gasteiger partial charge is 0.385 e. The van der Waals surface area contributed by atoms with Crippen molar-refractivity contribution in [2.45, 2.75) is 51.1 Å². The van der Waals surface area contributed by atoms with Crippen LogP contribution in [-0.2, 0) is 4.79 Å². The fraction of sp³-hybridized carbons (Fsp3) is 0.348. The number of carbonyl (C=O) groups is 1. The fourth-order valence-electron chi connectivity index (χ4n) is 4.45. The van der Waals surface area contributed by atoms with Crippen molar-refractivity contribution in [3.63, 3.8) is 0 Å². The maximum Gasteiger partial charge on any atom is 0.574 e. The van der Waals surface area contributed by atoms with Gasteiger partial charge in [-0.1, -0.05) is 6.07 Å². The molecular weight excluding hydrogens is 463 g/mol. The number of rotatable bonds is 5. The molecular formula is C23H22F3N7O2. The van der Waals surface area contributed by atoms with Gasteiger partial charge in [-0.3, -0.25) is 14.8 Å². The summed E-state index contributed by atoms with van der Waals surface area (Å²) in [5.74, 6) is -0.640. The number of carbonyl (C=O) groups excluding carboxylic acids is 1. The lowest BCUT2D eigenvalue weighted by molar-refractivity contribution is -0.275. The van der Waals surface area contributed by atoms with Gasteiger partial charge in [0, 0.05) is 43.2 Å². The highest BCUT2D eigenvalue weighted by Gasteiger charge is 2.34. The van der Waals surface area contributed by atoms with Crippen molar-refractivity contribution < 1.29 is 22.7 Å². The molecule has 2 N–H and O–H groups in total. The first-order chi connectivity index (χ1) is 16.7. The molecule has 0 unspecified atom stereocenters. The van der Waals surface area contributed by atoms with Crippen LogP contribution < -0.4 is 15.4 Å². The number of halogens is 3. The summed E-state index contributed by atoms with van der Waals surface area (Å²) in [6.45, 7) is 1.48. The Morgan fingerprint density at radius 2 is 1.77 bits per heavy atom. The molecule has 3 heterocycles. The molecule has 4 aromatic rings. The first-order valence-corrected chi connectivity index (χ1v) is 11.1. The predicted octanol–water partition coefficient (Wildman–Crippen LogP) is 4.10. The minimum absolute atomic E-state index is 0.0336. The normalized spacial score (nSPS) is 18.5. The van der Waals surface area contributed by atoms with Gasteiger partial charge in [0.25, 0.3) is 5.88 Å². The average molecular weight is 485 g/mol. The lowest BCUT2D eigenvalue weighted by atomic mass is 9.91. The Morgan fingerprint density at radius 1 is 1.06 bits per heavy atom. The lowest BCUT2D eigenvalue weighted by Gasteiger charge is -2.29. The van der Waals surface area contributed by atoms with E-state index in [0.29, 0.717) is 22.2 Å². The van der Waals surface area contributed by atoms with Crippen LogP contribution in [0, 0.1) is 0 Å². The molecule has 1 fully saturated rings. The third-order valence-electron chi connectivity index (χ3n) is 5.94. The second kappa shape index (κ2) is 9.01. The highest BCUT2D eigenvalue weighted by Crippen LogP contribution is 2.35. The van der Waals surface area contributed by atoms with Gasteiger partial charge in [-0.15, -0.1) is 18.3 Å². The Morgan fingerprint density at radius 3 is 2.49 bits per heavy atom. The van der Waals surface area contributed by atoms with Crippen molar-refractivity contribution >= 4 is 28.4 Å². The van der Waals surface area contributed by atoms with Crippen LogP contribution in [0.3, 0.4) is 0 Å². The second-order valence-electron chi connectivity index (χ2n) is 8.46. The number of hydrogen-bond donors (Lipinski definition) is 2. The van der Waals surface area contributed by atoms with Gasteiger partial charge in [0.15, 0.2) is 0 Å². The molecule has 5 rings (SSSR count). The summed E-state index contributed by atoms with van der Waals surface area (Å²) < 4.78 is 45.5. The zero-order valence-electron chi connectivity index (χ0n) is 18.7. The minimum atomic E-state index is -4.93. The molecule has 12 heteroatoms. The van der Waals surface area contributed by atoms with E-state index in [1.54, 1.807) is 42.9 Å². The minimum Gasteiger partial charge on any atom is -0.385 e. The largest absolute Gasteiger partial charge is 0.574 e. The number of benzene rings is 1. The summed E-state index contributed by atoms with van der Waals surface area (Å²) in [6.07, 6.45) is 2.70. The standard InChI is InChI=1S/C23H22F3N7O2/c1-13(34)29-15-3-5-16(6-4-15)30-22-31-21(35-23(24,25)26)20-17(8-11-33(20)32-22)14-2-7-18-19(12-14)28-10-9-27-18/h2,7-12,15-16H,3-6H2,1H3,(H,29,34)(H,30,32). The van der Waals surface area contributed by atoms with E-state index in [-0.39, 0.29) is 29.5 Å². The number of ether oxygens (including phenoxy) is 1. The van der Waals surface area contributed by atoms with E-state index >= 15 is 0 Å². The zero-order valence-corrected chi connectivity index (χ0v) is 18.7. The summed E-state index contributed by atoms with van der Waals surface area (Å²) in [4.78, 5) is 23.8. The number of aromatic nitrogens is 5. The number of fused-ring (bicyclic) bond motifs is 2. The Labute approximate surface area is 197 Å². The van der Waals surface area contributed by atoms with Crippen LogP contribution in [0.25, 0.3) is 27.7 Å². The molecule has 0 atom stereocenters. The maximum atomic E-state index is 13.3. The fourth-order valence-corrected chi connectivity index (χ4v) is 4.45. The van der Waals surface area contributed by atoms with Crippen LogP contribution in [0.15, 0.2) is 42.9 Å². The molecule has 0 aliphatic heterocycles. The number of amides is 1. The van der Waals surface area contributed by atoms with E-state index in [2.05, 4.69) is 35.4 Å². The first-order valence-electron chi connectivity index (χ1n) is 11.1. The Hall–Kier alpha value is -3.96. The van der Waals surface area contributed by atoms with Gasteiger partial charge in [-0.25, -0.2) is 4.52 Å². The van der Waals surface area contributed by atoms with Crippen LogP contribution in [0.4, 0.5) is 19.1 Å². The average Bonchev–Trinajstić information content (AvgIpc) is 3.23. The molecule has 0 bridgehead atoms. The summed E-state index contributed by atoms with van der Waals surface area (Å²) in [5.41, 5.74) is 2.47. The summed E-state index contributed by atoms with van der Waals surface area (Å²) in [7, 11) is 0. The van der Waals surface area contributed by atoms with Crippen LogP contribution in [-0.4, -0.2) is 48.9 Å². The molecule has 1 aromatic carbocycles. The van der Waals surface area contributed by atoms with E-state index < -0.39 is 12.2 Å². The number of hydrogen-bond acceptors (Lipinski definition) is 7. The summed E-state index contributed by atoms with van der Waals surface area (Å²) in [6, 6.07) is 6.97. The van der Waals surface area contributed by atoms with Crippen LogP contribution >= 0.6 is 0 Å². The highest BCUT2D eigenvalue weighted by molar-refractivity contribution is 5.89. The molecule has 1 amide bonds. The Kier molecular flexibility index (Phi) is 5.87. The molecule has 0 radical (unpaired) electrons. The van der Waals surface area contributed by atoms with E-state index in [1.165, 1.54) is 11.4 Å². The highest BCUT2D eigenvalue weighted by atomic mass is 19.4. The van der Waals surface area contributed by atoms with Gasteiger partial charge in [0.2, 0.25) is 11.9 Å². The van der Waals surface area contributed by atoms with Gasteiger partial charge in [0.05, 0.1) is 11.0 Å². The van der Waals surface area contributed by atoms with E-state index in [9.17, 15) is 18.0 Å². The van der Waals surface area contributed by atoms with Gasteiger partial charge < -0.3 is 15.4 Å². The molecule has 9 nitrogen and oxygen atoms in total. The number of nitrogens with zero attached hydrogens (tertiary/aromatic N) is 5.